The maximum Gasteiger partial charge on any atom is 0.309 e. The van der Waals surface area contributed by atoms with E-state index in [1.807, 2.05) is 6.92 Å². The van der Waals surface area contributed by atoms with Crippen molar-refractivity contribution in [2.75, 3.05) is 19.6 Å². The topological polar surface area (TPSA) is 95.6 Å². The molecule has 1 heterocycles. The molecule has 0 saturated carbocycles. The van der Waals surface area contributed by atoms with E-state index in [0.717, 1.165) is 24.8 Å². The van der Waals surface area contributed by atoms with Gasteiger partial charge in [0.1, 0.15) is 0 Å². The first-order valence-corrected chi connectivity index (χ1v) is 10.6. The second-order valence-corrected chi connectivity index (χ2v) is 8.51. The summed E-state index contributed by atoms with van der Waals surface area (Å²) in [6.45, 7) is 6.31. The van der Waals surface area contributed by atoms with Crippen LogP contribution in [0.1, 0.15) is 31.2 Å². The van der Waals surface area contributed by atoms with Crippen molar-refractivity contribution in [3.8, 4) is 0 Å². The van der Waals surface area contributed by atoms with Crippen LogP contribution in [0.25, 0.3) is 0 Å². The lowest BCUT2D eigenvalue weighted by molar-refractivity contribution is -0.139. The summed E-state index contributed by atoms with van der Waals surface area (Å²) in [5, 5.41) is 4.96. The lowest BCUT2D eigenvalue weighted by Gasteiger charge is -2.34. The summed E-state index contributed by atoms with van der Waals surface area (Å²) < 4.78 is 27.5. The molecule has 1 fully saturated rings. The average Bonchev–Trinajstić information content (AvgIpc) is 2.66. The van der Waals surface area contributed by atoms with Gasteiger partial charge in [0.05, 0.1) is 4.90 Å². The fraction of sp³-hybridized carbons (Fsp3) is 0.474. The van der Waals surface area contributed by atoms with E-state index >= 15 is 0 Å². The van der Waals surface area contributed by atoms with Gasteiger partial charge in [-0.05, 0) is 38.3 Å². The third kappa shape index (κ3) is 5.64. The zero-order valence-corrected chi connectivity index (χ0v) is 16.4. The quantitative estimate of drug-likeness (QED) is 0.540. The maximum atomic E-state index is 13.0. The first kappa shape index (κ1) is 21.1. The zero-order chi connectivity index (χ0) is 19.9. The third-order valence-corrected chi connectivity index (χ3v) is 6.54. The molecule has 0 spiro atoms. The zero-order valence-electron chi connectivity index (χ0n) is 15.6. The number of carbonyl (C=O) groups is 2. The molecule has 1 aromatic carbocycles. The van der Waals surface area contributed by atoms with Gasteiger partial charge in [0.25, 0.3) is 0 Å². The van der Waals surface area contributed by atoms with E-state index < -0.39 is 21.8 Å². The number of piperidine rings is 1. The number of benzene rings is 1. The van der Waals surface area contributed by atoms with Crippen LogP contribution in [0.4, 0.5) is 0 Å². The van der Waals surface area contributed by atoms with Gasteiger partial charge in [-0.1, -0.05) is 30.2 Å². The predicted molar refractivity (Wildman–Crippen MR) is 104 cm³/mol. The number of nitrogens with zero attached hydrogens (tertiary/aromatic N) is 1. The SMILES string of the molecule is C=CCNC(=O)C(=O)NCC[C@H]1CCCCN1S(=O)(=O)c1ccc(C)cc1. The average molecular weight is 394 g/mol. The van der Waals surface area contributed by atoms with Crippen LogP contribution in [-0.4, -0.2) is 50.2 Å². The van der Waals surface area contributed by atoms with Gasteiger partial charge in [-0.25, -0.2) is 8.42 Å². The summed E-state index contributed by atoms with van der Waals surface area (Å²) in [7, 11) is -3.58. The van der Waals surface area contributed by atoms with Crippen LogP contribution in [0.15, 0.2) is 41.8 Å². The van der Waals surface area contributed by atoms with Gasteiger partial charge in [0.2, 0.25) is 10.0 Å². The molecule has 0 aliphatic carbocycles. The molecule has 1 atom stereocenters. The Kier molecular flexibility index (Phi) is 7.55. The Morgan fingerprint density at radius 3 is 2.52 bits per heavy atom. The van der Waals surface area contributed by atoms with Crippen molar-refractivity contribution >= 4 is 21.8 Å². The van der Waals surface area contributed by atoms with Crippen molar-refractivity contribution in [3.63, 3.8) is 0 Å². The molecule has 2 amide bonds. The van der Waals surface area contributed by atoms with Gasteiger partial charge < -0.3 is 10.6 Å². The van der Waals surface area contributed by atoms with Crippen LogP contribution < -0.4 is 10.6 Å². The van der Waals surface area contributed by atoms with Gasteiger partial charge in [0, 0.05) is 25.7 Å². The summed E-state index contributed by atoms with van der Waals surface area (Å²) >= 11 is 0. The van der Waals surface area contributed by atoms with Gasteiger partial charge >= 0.3 is 11.8 Å². The van der Waals surface area contributed by atoms with Crippen LogP contribution in [0.3, 0.4) is 0 Å². The van der Waals surface area contributed by atoms with Crippen molar-refractivity contribution in [3.05, 3.63) is 42.5 Å². The van der Waals surface area contributed by atoms with Crippen molar-refractivity contribution in [1.82, 2.24) is 14.9 Å². The molecule has 0 radical (unpaired) electrons. The molecule has 1 aliphatic rings. The normalized spacial score (nSPS) is 17.9. The first-order chi connectivity index (χ1) is 12.9. The maximum absolute atomic E-state index is 13.0. The monoisotopic (exact) mass is 393 g/mol. The van der Waals surface area contributed by atoms with Gasteiger partial charge in [-0.3, -0.25) is 9.59 Å². The van der Waals surface area contributed by atoms with E-state index in [1.165, 1.54) is 10.4 Å². The highest BCUT2D eigenvalue weighted by Gasteiger charge is 2.33. The largest absolute Gasteiger partial charge is 0.348 e. The van der Waals surface area contributed by atoms with Gasteiger partial charge in [-0.15, -0.1) is 6.58 Å². The van der Waals surface area contributed by atoms with Crippen molar-refractivity contribution in [2.45, 2.75) is 43.5 Å². The smallest absolute Gasteiger partial charge is 0.309 e. The Morgan fingerprint density at radius 2 is 1.85 bits per heavy atom. The Morgan fingerprint density at radius 1 is 1.19 bits per heavy atom. The lowest BCUT2D eigenvalue weighted by atomic mass is 10.0. The molecule has 2 N–H and O–H groups in total. The minimum absolute atomic E-state index is 0.193. The van der Waals surface area contributed by atoms with E-state index in [-0.39, 0.29) is 24.0 Å². The highest BCUT2D eigenvalue weighted by atomic mass is 32.2. The summed E-state index contributed by atoms with van der Waals surface area (Å²) in [5.41, 5.74) is 1.00. The molecule has 2 rings (SSSR count). The third-order valence-electron chi connectivity index (χ3n) is 4.58. The predicted octanol–water partition coefficient (Wildman–Crippen LogP) is 1.35. The number of sulfonamides is 1. The Labute approximate surface area is 160 Å². The summed E-state index contributed by atoms with van der Waals surface area (Å²) in [5.74, 6) is -1.44. The molecule has 1 aliphatic heterocycles. The molecule has 0 bridgehead atoms. The summed E-state index contributed by atoms with van der Waals surface area (Å²) in [6.07, 6.45) is 4.45. The second kappa shape index (κ2) is 9.66. The molecule has 0 aromatic heterocycles. The van der Waals surface area contributed by atoms with E-state index in [0.29, 0.717) is 13.0 Å². The minimum atomic E-state index is -3.58. The van der Waals surface area contributed by atoms with E-state index in [4.69, 9.17) is 0 Å². The van der Waals surface area contributed by atoms with Crippen molar-refractivity contribution in [1.29, 1.82) is 0 Å². The Balaban J connectivity index is 1.98. The van der Waals surface area contributed by atoms with Crippen LogP contribution in [0, 0.1) is 6.92 Å². The first-order valence-electron chi connectivity index (χ1n) is 9.11. The number of carbonyl (C=O) groups excluding carboxylic acids is 2. The Hall–Kier alpha value is -2.19. The number of hydrogen-bond donors (Lipinski definition) is 2. The van der Waals surface area contributed by atoms with Crippen LogP contribution in [0.2, 0.25) is 0 Å². The van der Waals surface area contributed by atoms with E-state index in [9.17, 15) is 18.0 Å². The molecule has 27 heavy (non-hydrogen) atoms. The molecule has 1 aromatic rings. The number of nitrogens with one attached hydrogen (secondary N) is 2. The minimum Gasteiger partial charge on any atom is -0.348 e. The fourth-order valence-corrected chi connectivity index (χ4v) is 4.83. The van der Waals surface area contributed by atoms with E-state index in [2.05, 4.69) is 17.2 Å². The molecular weight excluding hydrogens is 366 g/mol. The van der Waals surface area contributed by atoms with Gasteiger partial charge in [-0.2, -0.15) is 4.31 Å². The summed E-state index contributed by atoms with van der Waals surface area (Å²) in [4.78, 5) is 23.6. The lowest BCUT2D eigenvalue weighted by Crippen LogP contribution is -2.46. The highest BCUT2D eigenvalue weighted by molar-refractivity contribution is 7.89. The van der Waals surface area contributed by atoms with Crippen molar-refractivity contribution in [2.24, 2.45) is 0 Å². The summed E-state index contributed by atoms with van der Waals surface area (Å²) in [6, 6.07) is 6.63. The van der Waals surface area contributed by atoms with Gasteiger partial charge in [0.15, 0.2) is 0 Å². The molecule has 0 unspecified atom stereocenters. The van der Waals surface area contributed by atoms with E-state index in [1.54, 1.807) is 24.3 Å². The van der Waals surface area contributed by atoms with Crippen molar-refractivity contribution < 1.29 is 18.0 Å². The fourth-order valence-electron chi connectivity index (χ4n) is 3.10. The molecule has 7 nitrogen and oxygen atoms in total. The van der Waals surface area contributed by atoms with Crippen LogP contribution >= 0.6 is 0 Å². The van der Waals surface area contributed by atoms with Crippen LogP contribution in [-0.2, 0) is 19.6 Å². The Bertz CT molecular complexity index is 775. The number of amides is 2. The second-order valence-electron chi connectivity index (χ2n) is 6.62. The highest BCUT2D eigenvalue weighted by Crippen LogP contribution is 2.27. The molecular formula is C19H27N3O4S. The molecule has 148 valence electrons. The molecule has 8 heteroatoms. The number of rotatable bonds is 7. The molecule has 1 saturated heterocycles. The number of hydrogen-bond acceptors (Lipinski definition) is 4. The van der Waals surface area contributed by atoms with Crippen LogP contribution in [0.5, 0.6) is 0 Å². The number of aryl methyl sites for hydroxylation is 1. The standard InChI is InChI=1S/C19H27N3O4S/c1-3-12-20-18(23)19(24)21-13-11-16-6-4-5-14-22(16)27(25,26)17-9-7-15(2)8-10-17/h3,7-10,16H,1,4-6,11-14H2,2H3,(H,20,23)(H,21,24)/t16-/m1/s1.